The number of aliphatic hydroxyl groups excluding tert-OH is 1. The van der Waals surface area contributed by atoms with E-state index in [1.165, 1.54) is 0 Å². The van der Waals surface area contributed by atoms with Gasteiger partial charge in [0.2, 0.25) is 0 Å². The van der Waals surface area contributed by atoms with Gasteiger partial charge in [-0.1, -0.05) is 26.0 Å². The van der Waals surface area contributed by atoms with Crippen molar-refractivity contribution in [2.24, 2.45) is 17.6 Å². The molecule has 1 aromatic carbocycles. The van der Waals surface area contributed by atoms with Crippen molar-refractivity contribution >= 4 is 0 Å². The minimum Gasteiger partial charge on any atom is -0.388 e. The molecule has 0 radical (unpaired) electrons. The Morgan fingerprint density at radius 1 is 1.26 bits per heavy atom. The van der Waals surface area contributed by atoms with E-state index < -0.39 is 29.6 Å². The van der Waals surface area contributed by atoms with Crippen molar-refractivity contribution in [2.75, 3.05) is 6.54 Å². The van der Waals surface area contributed by atoms with Gasteiger partial charge in [-0.2, -0.15) is 13.2 Å². The van der Waals surface area contributed by atoms with Gasteiger partial charge >= 0.3 is 6.18 Å². The Morgan fingerprint density at radius 2 is 1.84 bits per heavy atom. The van der Waals surface area contributed by atoms with Crippen LogP contribution in [0.5, 0.6) is 0 Å². The van der Waals surface area contributed by atoms with Gasteiger partial charge in [0.15, 0.2) is 0 Å². The maximum atomic E-state index is 13.9. The molecule has 2 nitrogen and oxygen atoms in total. The molecular formula is C13H17F4NO. The largest absolute Gasteiger partial charge is 0.419 e. The number of hydrogen-bond acceptors (Lipinski definition) is 2. The maximum Gasteiger partial charge on any atom is 0.419 e. The summed E-state index contributed by atoms with van der Waals surface area (Å²) in [6.45, 7) is 3.60. The molecule has 0 bridgehead atoms. The number of rotatable bonds is 4. The van der Waals surface area contributed by atoms with Gasteiger partial charge in [-0.25, -0.2) is 4.39 Å². The van der Waals surface area contributed by atoms with Crippen molar-refractivity contribution < 1.29 is 22.7 Å². The van der Waals surface area contributed by atoms with Crippen LogP contribution in [0.25, 0.3) is 0 Å². The molecule has 1 aromatic rings. The first kappa shape index (κ1) is 15.9. The standard InChI is InChI=1S/C13H17F4NO/c1-7(2)9(6-18)12(19)8-4-3-5-10(11(8)14)13(15,16)17/h3-5,7,9,12,19H,6,18H2,1-2H3. The van der Waals surface area contributed by atoms with E-state index in [4.69, 9.17) is 5.73 Å². The van der Waals surface area contributed by atoms with Crippen LogP contribution in [0.2, 0.25) is 0 Å². The minimum atomic E-state index is -4.78. The number of benzene rings is 1. The molecule has 108 valence electrons. The van der Waals surface area contributed by atoms with E-state index >= 15 is 0 Å². The highest BCUT2D eigenvalue weighted by atomic mass is 19.4. The number of aliphatic hydroxyl groups is 1. The van der Waals surface area contributed by atoms with E-state index in [0.717, 1.165) is 12.1 Å². The van der Waals surface area contributed by atoms with Gasteiger partial charge in [0.25, 0.3) is 0 Å². The minimum absolute atomic E-state index is 0.0640. The summed E-state index contributed by atoms with van der Waals surface area (Å²) in [5, 5.41) is 10.0. The molecule has 0 heterocycles. The molecule has 6 heteroatoms. The van der Waals surface area contributed by atoms with E-state index in [2.05, 4.69) is 0 Å². The Morgan fingerprint density at radius 3 is 2.26 bits per heavy atom. The number of halogens is 4. The van der Waals surface area contributed by atoms with Crippen LogP contribution in [-0.4, -0.2) is 11.7 Å². The van der Waals surface area contributed by atoms with Gasteiger partial charge in [0, 0.05) is 11.5 Å². The molecule has 0 saturated carbocycles. The summed E-state index contributed by atoms with van der Waals surface area (Å²) in [5.74, 6) is -2.01. The van der Waals surface area contributed by atoms with Crippen LogP contribution in [-0.2, 0) is 6.18 Å². The Hall–Kier alpha value is -1.14. The topological polar surface area (TPSA) is 46.2 Å². The van der Waals surface area contributed by atoms with Crippen LogP contribution in [0.1, 0.15) is 31.1 Å². The lowest BCUT2D eigenvalue weighted by atomic mass is 9.86. The zero-order valence-electron chi connectivity index (χ0n) is 10.7. The van der Waals surface area contributed by atoms with Crippen LogP contribution in [0.4, 0.5) is 17.6 Å². The first-order valence-corrected chi connectivity index (χ1v) is 5.93. The summed E-state index contributed by atoms with van der Waals surface area (Å²) in [6.07, 6.45) is -6.14. The van der Waals surface area contributed by atoms with Crippen LogP contribution in [0.3, 0.4) is 0 Å². The van der Waals surface area contributed by atoms with Gasteiger partial charge < -0.3 is 10.8 Å². The SMILES string of the molecule is CC(C)C(CN)C(O)c1cccc(C(F)(F)F)c1F. The van der Waals surface area contributed by atoms with E-state index in [9.17, 15) is 22.7 Å². The zero-order chi connectivity index (χ0) is 14.8. The van der Waals surface area contributed by atoms with Crippen molar-refractivity contribution in [3.63, 3.8) is 0 Å². The predicted molar refractivity (Wildman–Crippen MR) is 63.7 cm³/mol. The molecule has 0 aliphatic carbocycles. The molecule has 0 amide bonds. The highest BCUT2D eigenvalue weighted by molar-refractivity contribution is 5.30. The molecule has 2 atom stereocenters. The summed E-state index contributed by atoms with van der Waals surface area (Å²) in [7, 11) is 0. The van der Waals surface area contributed by atoms with Crippen molar-refractivity contribution in [2.45, 2.75) is 26.1 Å². The normalized spacial score (nSPS) is 15.6. The summed E-state index contributed by atoms with van der Waals surface area (Å²) in [5.41, 5.74) is 3.75. The second-order valence-electron chi connectivity index (χ2n) is 4.79. The average molecular weight is 279 g/mol. The van der Waals surface area contributed by atoms with Crippen molar-refractivity contribution in [3.8, 4) is 0 Å². The lowest BCUT2D eigenvalue weighted by molar-refractivity contribution is -0.140. The molecule has 19 heavy (non-hydrogen) atoms. The van der Waals surface area contributed by atoms with Crippen LogP contribution in [0, 0.1) is 17.7 Å². The van der Waals surface area contributed by atoms with Crippen LogP contribution >= 0.6 is 0 Å². The van der Waals surface area contributed by atoms with Crippen LogP contribution < -0.4 is 5.73 Å². The Balaban J connectivity index is 3.21. The van der Waals surface area contributed by atoms with E-state index in [1.807, 2.05) is 0 Å². The Kier molecular flexibility index (Phi) is 4.92. The molecule has 0 spiro atoms. The molecule has 3 N–H and O–H groups in total. The fourth-order valence-electron chi connectivity index (χ4n) is 1.99. The first-order valence-electron chi connectivity index (χ1n) is 5.93. The van der Waals surface area contributed by atoms with E-state index in [1.54, 1.807) is 13.8 Å². The highest BCUT2D eigenvalue weighted by Crippen LogP contribution is 2.36. The number of alkyl halides is 3. The average Bonchev–Trinajstić information content (AvgIpc) is 2.27. The smallest absolute Gasteiger partial charge is 0.388 e. The lowest BCUT2D eigenvalue weighted by Crippen LogP contribution is -2.27. The second kappa shape index (κ2) is 5.88. The van der Waals surface area contributed by atoms with Crippen molar-refractivity contribution in [1.82, 2.24) is 0 Å². The third-order valence-electron chi connectivity index (χ3n) is 3.19. The molecule has 2 unspecified atom stereocenters. The van der Waals surface area contributed by atoms with Crippen LogP contribution in [0.15, 0.2) is 18.2 Å². The van der Waals surface area contributed by atoms with Gasteiger partial charge in [0.1, 0.15) is 5.82 Å². The van der Waals surface area contributed by atoms with Crippen molar-refractivity contribution in [3.05, 3.63) is 35.1 Å². The van der Waals surface area contributed by atoms with Gasteiger partial charge in [0.05, 0.1) is 11.7 Å². The zero-order valence-corrected chi connectivity index (χ0v) is 10.7. The molecule has 0 aliphatic heterocycles. The quantitative estimate of drug-likeness (QED) is 0.832. The van der Waals surface area contributed by atoms with Gasteiger partial charge in [-0.3, -0.25) is 0 Å². The summed E-state index contributed by atoms with van der Waals surface area (Å²) >= 11 is 0. The summed E-state index contributed by atoms with van der Waals surface area (Å²) in [4.78, 5) is 0. The first-order chi connectivity index (χ1) is 8.70. The maximum absolute atomic E-state index is 13.9. The van der Waals surface area contributed by atoms with Gasteiger partial charge in [-0.05, 0) is 18.5 Å². The molecule has 0 fully saturated rings. The molecule has 0 aromatic heterocycles. The molecule has 0 aliphatic rings. The number of hydrogen-bond donors (Lipinski definition) is 2. The third kappa shape index (κ3) is 3.45. The lowest BCUT2D eigenvalue weighted by Gasteiger charge is -2.26. The monoisotopic (exact) mass is 279 g/mol. The molecular weight excluding hydrogens is 262 g/mol. The predicted octanol–water partition coefficient (Wildman–Crippen LogP) is 3.11. The number of nitrogens with two attached hydrogens (primary N) is 1. The Bertz CT molecular complexity index is 431. The fourth-order valence-corrected chi connectivity index (χ4v) is 1.99. The van der Waals surface area contributed by atoms with E-state index in [0.29, 0.717) is 6.07 Å². The van der Waals surface area contributed by atoms with Crippen molar-refractivity contribution in [1.29, 1.82) is 0 Å². The summed E-state index contributed by atoms with van der Waals surface area (Å²) in [6, 6.07) is 2.89. The fraction of sp³-hybridized carbons (Fsp3) is 0.538. The highest BCUT2D eigenvalue weighted by Gasteiger charge is 2.36. The van der Waals surface area contributed by atoms with Gasteiger partial charge in [-0.15, -0.1) is 0 Å². The second-order valence-corrected chi connectivity index (χ2v) is 4.79. The summed E-state index contributed by atoms with van der Waals surface area (Å²) < 4.78 is 51.6. The molecule has 0 saturated heterocycles. The third-order valence-corrected chi connectivity index (χ3v) is 3.19. The van der Waals surface area contributed by atoms with E-state index in [-0.39, 0.29) is 18.0 Å². The molecule has 1 rings (SSSR count). The Labute approximate surface area is 109 Å².